The molecular weight excluding hydrogens is 206 g/mol. The molecule has 2 heterocycles. The van der Waals surface area contributed by atoms with Crippen LogP contribution in [0.15, 0.2) is 17.0 Å². The molecule has 16 heavy (non-hydrogen) atoms. The molecule has 0 aliphatic carbocycles. The smallest absolute Gasteiger partial charge is 0.223 e. The highest BCUT2D eigenvalue weighted by Gasteiger charge is 2.03. The number of hydrogen-bond acceptors (Lipinski definition) is 5. The maximum Gasteiger partial charge on any atom is 0.223 e. The van der Waals surface area contributed by atoms with E-state index in [1.54, 1.807) is 6.92 Å². The van der Waals surface area contributed by atoms with Gasteiger partial charge in [-0.2, -0.15) is 4.98 Å². The van der Waals surface area contributed by atoms with Gasteiger partial charge in [0.2, 0.25) is 5.89 Å². The summed E-state index contributed by atoms with van der Waals surface area (Å²) in [6.45, 7) is 6.16. The predicted octanol–water partition coefficient (Wildman–Crippen LogP) is 0.884. The van der Waals surface area contributed by atoms with Gasteiger partial charge in [-0.3, -0.25) is 0 Å². The molecule has 0 saturated carbocycles. The minimum absolute atomic E-state index is 0.593. The molecule has 0 aromatic carbocycles. The van der Waals surface area contributed by atoms with Crippen molar-refractivity contribution in [2.45, 2.75) is 33.5 Å². The molecule has 86 valence electrons. The van der Waals surface area contributed by atoms with Gasteiger partial charge in [0.25, 0.3) is 0 Å². The van der Waals surface area contributed by atoms with Gasteiger partial charge in [-0.05, 0) is 6.92 Å². The molecule has 0 spiro atoms. The fourth-order valence-electron chi connectivity index (χ4n) is 1.50. The topological polar surface area (TPSA) is 68.8 Å². The normalized spacial score (nSPS) is 10.9. The van der Waals surface area contributed by atoms with Crippen LogP contribution in [-0.2, 0) is 19.6 Å². The second-order valence-electron chi connectivity index (χ2n) is 3.50. The summed E-state index contributed by atoms with van der Waals surface area (Å²) in [5.74, 6) is 1.27. The molecular formula is C10H15N5O. The molecule has 2 aromatic rings. The number of nitrogens with one attached hydrogen (secondary N) is 1. The second kappa shape index (κ2) is 4.89. The number of nitrogens with zero attached hydrogens (tertiary/aromatic N) is 4. The Morgan fingerprint density at radius 2 is 2.31 bits per heavy atom. The van der Waals surface area contributed by atoms with Gasteiger partial charge in [0, 0.05) is 26.2 Å². The summed E-state index contributed by atoms with van der Waals surface area (Å²) in [4.78, 5) is 8.21. The van der Waals surface area contributed by atoms with Crippen molar-refractivity contribution < 1.29 is 4.52 Å². The number of aryl methyl sites for hydroxylation is 2. The molecule has 0 aliphatic rings. The summed E-state index contributed by atoms with van der Waals surface area (Å²) >= 11 is 0. The minimum Gasteiger partial charge on any atom is -0.340 e. The van der Waals surface area contributed by atoms with Crippen LogP contribution in [0.4, 0.5) is 0 Å². The highest BCUT2D eigenvalue weighted by molar-refractivity contribution is 4.98. The van der Waals surface area contributed by atoms with Crippen molar-refractivity contribution in [3.63, 3.8) is 0 Å². The van der Waals surface area contributed by atoms with E-state index in [-0.39, 0.29) is 0 Å². The van der Waals surface area contributed by atoms with Crippen molar-refractivity contribution >= 4 is 0 Å². The van der Waals surface area contributed by atoms with Crippen LogP contribution in [0.3, 0.4) is 0 Å². The first-order chi connectivity index (χ1) is 7.79. The van der Waals surface area contributed by atoms with E-state index in [9.17, 15) is 0 Å². The van der Waals surface area contributed by atoms with E-state index in [1.165, 1.54) is 0 Å². The van der Waals surface area contributed by atoms with E-state index in [4.69, 9.17) is 4.52 Å². The second-order valence-corrected chi connectivity index (χ2v) is 3.50. The van der Waals surface area contributed by atoms with Crippen molar-refractivity contribution in [3.05, 3.63) is 29.9 Å². The van der Waals surface area contributed by atoms with Gasteiger partial charge in [0.15, 0.2) is 5.82 Å². The molecule has 0 radical (unpaired) electrons. The fourth-order valence-corrected chi connectivity index (χ4v) is 1.50. The van der Waals surface area contributed by atoms with Crippen LogP contribution >= 0.6 is 0 Å². The molecule has 2 rings (SSSR count). The lowest BCUT2D eigenvalue weighted by Gasteiger charge is -2.04. The molecule has 0 atom stereocenters. The summed E-state index contributed by atoms with van der Waals surface area (Å²) in [5.41, 5.74) is 1.16. The molecule has 6 nitrogen and oxygen atoms in total. The third-order valence-electron chi connectivity index (χ3n) is 2.30. The molecule has 1 N–H and O–H groups in total. The predicted molar refractivity (Wildman–Crippen MR) is 57.5 cm³/mol. The maximum atomic E-state index is 4.88. The average molecular weight is 221 g/mol. The van der Waals surface area contributed by atoms with E-state index in [2.05, 4.69) is 31.9 Å². The van der Waals surface area contributed by atoms with E-state index < -0.39 is 0 Å². The Morgan fingerprint density at radius 3 is 3.00 bits per heavy atom. The Hall–Kier alpha value is -1.69. The van der Waals surface area contributed by atoms with Gasteiger partial charge >= 0.3 is 0 Å². The van der Waals surface area contributed by atoms with E-state index in [0.29, 0.717) is 18.3 Å². The van der Waals surface area contributed by atoms with Crippen LogP contribution in [0.2, 0.25) is 0 Å². The Balaban J connectivity index is 1.84. The highest BCUT2D eigenvalue weighted by atomic mass is 16.5. The summed E-state index contributed by atoms with van der Waals surface area (Å²) < 4.78 is 6.97. The van der Waals surface area contributed by atoms with Crippen molar-refractivity contribution in [1.82, 2.24) is 25.0 Å². The van der Waals surface area contributed by atoms with E-state index >= 15 is 0 Å². The van der Waals surface area contributed by atoms with Crippen LogP contribution in [-0.4, -0.2) is 19.7 Å². The highest BCUT2D eigenvalue weighted by Crippen LogP contribution is 1.99. The van der Waals surface area contributed by atoms with E-state index in [0.717, 1.165) is 18.8 Å². The van der Waals surface area contributed by atoms with Crippen LogP contribution in [0.5, 0.6) is 0 Å². The Morgan fingerprint density at radius 1 is 1.44 bits per heavy atom. The molecule has 0 amide bonds. The number of hydrogen-bond donors (Lipinski definition) is 1. The number of aromatic nitrogens is 4. The molecule has 0 aliphatic heterocycles. The lowest BCUT2D eigenvalue weighted by atomic mass is 10.4. The third-order valence-corrected chi connectivity index (χ3v) is 2.30. The molecule has 0 fully saturated rings. The first kappa shape index (κ1) is 10.8. The zero-order chi connectivity index (χ0) is 11.4. The lowest BCUT2D eigenvalue weighted by molar-refractivity contribution is 0.385. The zero-order valence-electron chi connectivity index (χ0n) is 9.47. The van der Waals surface area contributed by atoms with Crippen LogP contribution in [0.1, 0.15) is 24.3 Å². The summed E-state index contributed by atoms with van der Waals surface area (Å²) in [5, 5.41) is 7.05. The standard InChI is InChI=1S/C10H15N5O/c1-3-15-7-12-5-9(15)4-11-6-10-13-8(2)16-14-10/h5,7,11H,3-4,6H2,1-2H3. The Kier molecular flexibility index (Phi) is 3.31. The molecule has 0 unspecified atom stereocenters. The average Bonchev–Trinajstić information content (AvgIpc) is 2.87. The maximum absolute atomic E-state index is 4.88. The lowest BCUT2D eigenvalue weighted by Crippen LogP contribution is -2.16. The van der Waals surface area contributed by atoms with Gasteiger partial charge in [-0.25, -0.2) is 4.98 Å². The van der Waals surface area contributed by atoms with Gasteiger partial charge < -0.3 is 14.4 Å². The van der Waals surface area contributed by atoms with Crippen molar-refractivity contribution in [2.75, 3.05) is 0 Å². The molecule has 6 heteroatoms. The number of imidazole rings is 1. The molecule has 0 bridgehead atoms. The van der Waals surface area contributed by atoms with Crippen molar-refractivity contribution in [3.8, 4) is 0 Å². The van der Waals surface area contributed by atoms with Gasteiger partial charge in [0.05, 0.1) is 18.6 Å². The summed E-state index contributed by atoms with van der Waals surface area (Å²) in [6, 6.07) is 0. The van der Waals surface area contributed by atoms with Crippen LogP contribution in [0, 0.1) is 6.92 Å². The van der Waals surface area contributed by atoms with Crippen molar-refractivity contribution in [1.29, 1.82) is 0 Å². The Bertz CT molecular complexity index is 448. The molecule has 0 saturated heterocycles. The van der Waals surface area contributed by atoms with Gasteiger partial charge in [-0.15, -0.1) is 0 Å². The summed E-state index contributed by atoms with van der Waals surface area (Å²) in [7, 11) is 0. The third kappa shape index (κ3) is 2.46. The fraction of sp³-hybridized carbons (Fsp3) is 0.500. The number of rotatable bonds is 5. The Labute approximate surface area is 93.7 Å². The minimum atomic E-state index is 0.593. The first-order valence-electron chi connectivity index (χ1n) is 5.28. The van der Waals surface area contributed by atoms with Gasteiger partial charge in [-0.1, -0.05) is 5.16 Å². The monoisotopic (exact) mass is 221 g/mol. The quantitative estimate of drug-likeness (QED) is 0.811. The van der Waals surface area contributed by atoms with Crippen LogP contribution in [0.25, 0.3) is 0 Å². The largest absolute Gasteiger partial charge is 0.340 e. The first-order valence-corrected chi connectivity index (χ1v) is 5.28. The summed E-state index contributed by atoms with van der Waals surface area (Å²) in [6.07, 6.45) is 3.69. The molecule has 2 aromatic heterocycles. The van der Waals surface area contributed by atoms with E-state index in [1.807, 2.05) is 12.5 Å². The van der Waals surface area contributed by atoms with Crippen LogP contribution < -0.4 is 5.32 Å². The van der Waals surface area contributed by atoms with Gasteiger partial charge in [0.1, 0.15) is 0 Å². The SMILES string of the molecule is CCn1cncc1CNCc1noc(C)n1. The van der Waals surface area contributed by atoms with Crippen molar-refractivity contribution in [2.24, 2.45) is 0 Å². The zero-order valence-corrected chi connectivity index (χ0v) is 9.47.